The molecule has 0 saturated heterocycles. The van der Waals surface area contributed by atoms with Gasteiger partial charge in [0.2, 0.25) is 0 Å². The lowest BCUT2D eigenvalue weighted by Gasteiger charge is -2.14. The van der Waals surface area contributed by atoms with Gasteiger partial charge in [0.15, 0.2) is 11.5 Å². The summed E-state index contributed by atoms with van der Waals surface area (Å²) in [6.07, 6.45) is 1.73. The molecule has 0 atom stereocenters. The van der Waals surface area contributed by atoms with Gasteiger partial charge in [0.25, 0.3) is 0 Å². The lowest BCUT2D eigenvalue weighted by molar-refractivity contribution is 0.327. The van der Waals surface area contributed by atoms with Crippen LogP contribution in [0.4, 0.5) is 0 Å². The van der Waals surface area contributed by atoms with E-state index in [-0.39, 0.29) is 16.4 Å². The molecule has 3 rings (SSSR count). The van der Waals surface area contributed by atoms with Crippen LogP contribution in [0.25, 0.3) is 11.6 Å². The summed E-state index contributed by atoms with van der Waals surface area (Å²) in [6, 6.07) is 21.0. The normalized spacial score (nSPS) is 11.6. The summed E-state index contributed by atoms with van der Waals surface area (Å²) in [5, 5.41) is 9.62. The molecule has 0 aliphatic rings. The zero-order chi connectivity index (χ0) is 22.4. The number of rotatable bonds is 7. The van der Waals surface area contributed by atoms with Gasteiger partial charge in [0.05, 0.1) is 21.8 Å². The van der Waals surface area contributed by atoms with Gasteiger partial charge >= 0.3 is 10.1 Å². The van der Waals surface area contributed by atoms with E-state index in [9.17, 15) is 13.7 Å². The van der Waals surface area contributed by atoms with Crippen LogP contribution in [-0.4, -0.2) is 15.0 Å². The fraction of sp³-hybridized carbons (Fsp3) is 0.0870. The molecule has 0 radical (unpaired) electrons. The van der Waals surface area contributed by atoms with Gasteiger partial charge in [-0.15, -0.1) is 0 Å². The van der Waals surface area contributed by atoms with Crippen LogP contribution in [-0.2, 0) is 10.1 Å². The van der Waals surface area contributed by atoms with Crippen LogP contribution in [0.1, 0.15) is 18.1 Å². The second-order valence-corrected chi connectivity index (χ2v) is 9.91. The zero-order valence-electron chi connectivity index (χ0n) is 16.4. The third-order valence-corrected chi connectivity index (χ3v) is 6.71. The topological polar surface area (TPSA) is 76.4 Å². The summed E-state index contributed by atoms with van der Waals surface area (Å²) >= 11 is 5.39. The van der Waals surface area contributed by atoms with Gasteiger partial charge < -0.3 is 8.92 Å². The number of halogens is 2. The molecule has 3 aromatic rings. The highest BCUT2D eigenvalue weighted by Crippen LogP contribution is 2.37. The summed E-state index contributed by atoms with van der Waals surface area (Å²) in [5.74, 6) is 0.402. The van der Waals surface area contributed by atoms with E-state index in [1.165, 1.54) is 12.1 Å². The molecule has 0 N–H and O–H groups in total. The number of hydrogen-bond acceptors (Lipinski definition) is 5. The summed E-state index contributed by atoms with van der Waals surface area (Å²) in [7, 11) is -4.02. The second kappa shape index (κ2) is 10.3. The minimum absolute atomic E-state index is 0.0548. The Morgan fingerprint density at radius 1 is 1.13 bits per heavy atom. The van der Waals surface area contributed by atoms with Crippen molar-refractivity contribution in [2.45, 2.75) is 11.8 Å². The molecular formula is C23H17BrINO4S. The number of nitrogens with zero attached hydrogens (tertiary/aromatic N) is 1. The number of benzene rings is 3. The van der Waals surface area contributed by atoms with Crippen molar-refractivity contribution in [3.8, 4) is 17.6 Å². The maximum Gasteiger partial charge on any atom is 0.339 e. The first-order valence-electron chi connectivity index (χ1n) is 9.17. The van der Waals surface area contributed by atoms with E-state index in [1.54, 1.807) is 43.3 Å². The van der Waals surface area contributed by atoms with Crippen molar-refractivity contribution in [1.82, 2.24) is 0 Å². The molecule has 8 heteroatoms. The third-order valence-electron chi connectivity index (χ3n) is 4.14. The number of ether oxygens (including phenoxy) is 1. The Balaban J connectivity index is 2.02. The maximum atomic E-state index is 12.7. The molecule has 158 valence electrons. The highest BCUT2D eigenvalue weighted by molar-refractivity contribution is 14.1. The first-order valence-corrected chi connectivity index (χ1v) is 12.5. The fourth-order valence-electron chi connectivity index (χ4n) is 2.74. The Morgan fingerprint density at radius 2 is 1.81 bits per heavy atom. The predicted molar refractivity (Wildman–Crippen MR) is 132 cm³/mol. The molecule has 0 heterocycles. The van der Waals surface area contributed by atoms with Crippen molar-refractivity contribution in [1.29, 1.82) is 5.26 Å². The van der Waals surface area contributed by atoms with E-state index in [0.29, 0.717) is 21.3 Å². The Morgan fingerprint density at radius 3 is 2.42 bits per heavy atom. The molecule has 0 amide bonds. The molecule has 3 aromatic carbocycles. The number of hydrogen-bond donors (Lipinski definition) is 0. The van der Waals surface area contributed by atoms with Crippen LogP contribution >= 0.6 is 38.5 Å². The van der Waals surface area contributed by atoms with Gasteiger partial charge in [0.1, 0.15) is 4.90 Å². The van der Waals surface area contributed by atoms with Gasteiger partial charge in [0, 0.05) is 4.47 Å². The minimum Gasteiger partial charge on any atom is -0.490 e. The third kappa shape index (κ3) is 5.87. The van der Waals surface area contributed by atoms with E-state index < -0.39 is 10.1 Å². The van der Waals surface area contributed by atoms with Crippen LogP contribution < -0.4 is 8.92 Å². The molecule has 0 bridgehead atoms. The molecule has 0 spiro atoms. The molecule has 31 heavy (non-hydrogen) atoms. The first kappa shape index (κ1) is 23.3. The highest BCUT2D eigenvalue weighted by Gasteiger charge is 2.22. The van der Waals surface area contributed by atoms with Crippen LogP contribution in [0.15, 0.2) is 76.1 Å². The van der Waals surface area contributed by atoms with Crippen molar-refractivity contribution in [2.24, 2.45) is 0 Å². The van der Waals surface area contributed by atoms with E-state index in [4.69, 9.17) is 8.92 Å². The molecule has 0 aromatic heterocycles. The van der Waals surface area contributed by atoms with Crippen molar-refractivity contribution in [2.75, 3.05) is 6.61 Å². The molecule has 0 unspecified atom stereocenters. The van der Waals surface area contributed by atoms with Crippen LogP contribution in [0.5, 0.6) is 11.5 Å². The summed E-state index contributed by atoms with van der Waals surface area (Å²) in [5.41, 5.74) is 1.93. The molecular weight excluding hydrogens is 593 g/mol. The van der Waals surface area contributed by atoms with E-state index in [2.05, 4.69) is 22.0 Å². The van der Waals surface area contributed by atoms with Gasteiger partial charge in [-0.2, -0.15) is 13.7 Å². The number of nitriles is 1. The zero-order valence-corrected chi connectivity index (χ0v) is 20.9. The van der Waals surface area contributed by atoms with Gasteiger partial charge in [-0.05, 0) is 83.1 Å². The van der Waals surface area contributed by atoms with E-state index >= 15 is 0 Å². The average Bonchev–Trinajstić information content (AvgIpc) is 2.76. The van der Waals surface area contributed by atoms with E-state index in [1.807, 2.05) is 46.9 Å². The van der Waals surface area contributed by atoms with Crippen molar-refractivity contribution < 1.29 is 17.3 Å². The summed E-state index contributed by atoms with van der Waals surface area (Å²) < 4.78 is 37.9. The minimum atomic E-state index is -4.02. The Hall–Kier alpha value is -2.35. The summed E-state index contributed by atoms with van der Waals surface area (Å²) in [6.45, 7) is 2.12. The van der Waals surface area contributed by atoms with Crippen LogP contribution in [0.2, 0.25) is 0 Å². The molecule has 0 aliphatic carbocycles. The lowest BCUT2D eigenvalue weighted by atomic mass is 10.0. The molecule has 5 nitrogen and oxygen atoms in total. The predicted octanol–water partition coefficient (Wildman–Crippen LogP) is 6.28. The van der Waals surface area contributed by atoms with E-state index in [0.717, 1.165) is 10.0 Å². The molecule has 0 aliphatic heterocycles. The van der Waals surface area contributed by atoms with Crippen molar-refractivity contribution >= 4 is 60.3 Å². The monoisotopic (exact) mass is 609 g/mol. The molecule has 0 fully saturated rings. The Bertz CT molecular complexity index is 1250. The van der Waals surface area contributed by atoms with Crippen molar-refractivity contribution in [3.05, 3.63) is 85.9 Å². The fourth-order valence-corrected chi connectivity index (χ4v) is 4.86. The smallest absolute Gasteiger partial charge is 0.339 e. The number of allylic oxidation sites excluding steroid dienone is 1. The Kier molecular flexibility index (Phi) is 7.75. The average molecular weight is 610 g/mol. The maximum absolute atomic E-state index is 12.7. The summed E-state index contributed by atoms with van der Waals surface area (Å²) in [4.78, 5) is 0.0548. The van der Waals surface area contributed by atoms with Crippen molar-refractivity contribution in [3.63, 3.8) is 0 Å². The second-order valence-electron chi connectivity index (χ2n) is 6.29. The van der Waals surface area contributed by atoms with Gasteiger partial charge in [-0.1, -0.05) is 46.3 Å². The quantitative estimate of drug-likeness (QED) is 0.136. The standard InChI is InChI=1S/C23H17BrINO4S/c1-2-29-22-14-16(12-18(15-26)17-8-10-19(24)11-9-17)13-21(25)23(22)30-31(27,28)20-6-4-3-5-7-20/h3-14H,2H2,1H3/b18-12+. The van der Waals surface area contributed by atoms with Gasteiger partial charge in [-0.25, -0.2) is 0 Å². The molecule has 0 saturated carbocycles. The first-order chi connectivity index (χ1) is 14.8. The largest absolute Gasteiger partial charge is 0.490 e. The van der Waals surface area contributed by atoms with Crippen LogP contribution in [0.3, 0.4) is 0 Å². The lowest BCUT2D eigenvalue weighted by Crippen LogP contribution is -2.11. The Labute approximate surface area is 203 Å². The van der Waals surface area contributed by atoms with Gasteiger partial charge in [-0.3, -0.25) is 0 Å². The van der Waals surface area contributed by atoms with Crippen LogP contribution in [0, 0.1) is 14.9 Å². The highest BCUT2D eigenvalue weighted by atomic mass is 127. The SMILES string of the molecule is CCOc1cc(/C=C(\C#N)c2ccc(Br)cc2)cc(I)c1OS(=O)(=O)c1ccccc1.